The molecule has 0 amide bonds. The van der Waals surface area contributed by atoms with Gasteiger partial charge >= 0.3 is 5.97 Å². The lowest BCUT2D eigenvalue weighted by atomic mass is 10.1. The summed E-state index contributed by atoms with van der Waals surface area (Å²) >= 11 is 0. The molecule has 3 N–H and O–H groups in total. The van der Waals surface area contributed by atoms with Crippen molar-refractivity contribution in [3.8, 4) is 0 Å². The summed E-state index contributed by atoms with van der Waals surface area (Å²) in [4.78, 5) is 12.3. The smallest absolute Gasteiger partial charge is 0.328 e. The highest BCUT2D eigenvalue weighted by molar-refractivity contribution is 5.80. The monoisotopic (exact) mass is 230 g/mol. The van der Waals surface area contributed by atoms with Crippen LogP contribution >= 0.6 is 0 Å². The van der Waals surface area contributed by atoms with Crippen LogP contribution in [-0.2, 0) is 4.79 Å². The topological polar surface area (TPSA) is 72.8 Å². The highest BCUT2D eigenvalue weighted by Crippen LogP contribution is 2.02. The normalized spacial score (nSPS) is 16.2. The Kier molecular flexibility index (Phi) is 6.25. The Hall–Kier alpha value is -0.910. The second kappa shape index (κ2) is 6.62. The maximum atomic E-state index is 10.4. The van der Waals surface area contributed by atoms with Crippen molar-refractivity contribution >= 4 is 5.97 Å². The zero-order valence-electron chi connectivity index (χ0n) is 10.4. The third-order valence-electron chi connectivity index (χ3n) is 1.94. The van der Waals surface area contributed by atoms with E-state index in [1.807, 2.05) is 19.0 Å². The number of aliphatic carboxylic acids is 1. The van der Waals surface area contributed by atoms with Crippen molar-refractivity contribution in [2.24, 2.45) is 0 Å². The maximum Gasteiger partial charge on any atom is 0.328 e. The van der Waals surface area contributed by atoms with Crippen LogP contribution < -0.4 is 5.32 Å². The van der Waals surface area contributed by atoms with Gasteiger partial charge in [0.25, 0.3) is 0 Å². The highest BCUT2D eigenvalue weighted by Gasteiger charge is 2.20. The molecular formula is C11H22N2O3. The lowest BCUT2D eigenvalue weighted by molar-refractivity contribution is -0.131. The number of nitrogens with zero attached hydrogens (tertiary/aromatic N) is 1. The number of rotatable bonds is 7. The fraction of sp³-hybridized carbons (Fsp3) is 0.727. The van der Waals surface area contributed by atoms with E-state index in [1.54, 1.807) is 13.8 Å². The number of nitrogens with one attached hydrogen (secondary N) is 1. The average molecular weight is 230 g/mol. The summed E-state index contributed by atoms with van der Waals surface area (Å²) in [6.07, 6.45) is 1.16. The van der Waals surface area contributed by atoms with Crippen LogP contribution in [0.5, 0.6) is 0 Å². The molecule has 0 heterocycles. The van der Waals surface area contributed by atoms with Crippen molar-refractivity contribution in [1.82, 2.24) is 10.2 Å². The van der Waals surface area contributed by atoms with Gasteiger partial charge in [0.2, 0.25) is 0 Å². The summed E-state index contributed by atoms with van der Waals surface area (Å²) in [6, 6.07) is 0. The van der Waals surface area contributed by atoms with Crippen LogP contribution in [0.15, 0.2) is 11.6 Å². The Morgan fingerprint density at radius 1 is 1.50 bits per heavy atom. The first-order chi connectivity index (χ1) is 7.23. The van der Waals surface area contributed by atoms with Gasteiger partial charge in [-0.05, 0) is 27.9 Å². The SMILES string of the molecule is CC(=CC(=O)O)CNCC(C)(O)CN(C)C. The number of carboxylic acids is 1. The van der Waals surface area contributed by atoms with E-state index in [0.717, 1.165) is 11.6 Å². The number of aliphatic hydroxyl groups is 1. The van der Waals surface area contributed by atoms with Gasteiger partial charge < -0.3 is 20.4 Å². The molecule has 1 atom stereocenters. The lowest BCUT2D eigenvalue weighted by Crippen LogP contribution is -2.45. The molecule has 5 heteroatoms. The average Bonchev–Trinajstić information content (AvgIpc) is 1.98. The van der Waals surface area contributed by atoms with Gasteiger partial charge in [-0.15, -0.1) is 0 Å². The Labute approximate surface area is 96.8 Å². The first-order valence-corrected chi connectivity index (χ1v) is 5.21. The van der Waals surface area contributed by atoms with E-state index in [4.69, 9.17) is 5.11 Å². The standard InChI is InChI=1S/C11H22N2O3/c1-9(5-10(14)15)6-12-7-11(2,16)8-13(3)4/h5,12,16H,6-8H2,1-4H3,(H,14,15). The minimum Gasteiger partial charge on any atom is -0.478 e. The van der Waals surface area contributed by atoms with Crippen molar-refractivity contribution in [2.75, 3.05) is 33.7 Å². The molecule has 0 aromatic rings. The van der Waals surface area contributed by atoms with Crippen LogP contribution in [0.2, 0.25) is 0 Å². The molecule has 0 bridgehead atoms. The molecule has 0 saturated carbocycles. The summed E-state index contributed by atoms with van der Waals surface area (Å²) in [6.45, 7) is 4.94. The minimum atomic E-state index is -0.945. The molecule has 5 nitrogen and oxygen atoms in total. The van der Waals surface area contributed by atoms with Crippen LogP contribution in [-0.4, -0.2) is 60.4 Å². The summed E-state index contributed by atoms with van der Waals surface area (Å²) in [5.74, 6) is -0.945. The van der Waals surface area contributed by atoms with E-state index in [2.05, 4.69) is 5.32 Å². The summed E-state index contributed by atoms with van der Waals surface area (Å²) in [5, 5.41) is 21.5. The number of carboxylic acid groups (broad SMARTS) is 1. The van der Waals surface area contributed by atoms with E-state index in [-0.39, 0.29) is 0 Å². The van der Waals surface area contributed by atoms with Gasteiger partial charge in [0.15, 0.2) is 0 Å². The largest absolute Gasteiger partial charge is 0.478 e. The van der Waals surface area contributed by atoms with Gasteiger partial charge in [0.1, 0.15) is 0 Å². The number of likely N-dealkylation sites (N-methyl/N-ethyl adjacent to an activating group) is 1. The number of hydrogen-bond donors (Lipinski definition) is 3. The fourth-order valence-electron chi connectivity index (χ4n) is 1.53. The molecule has 16 heavy (non-hydrogen) atoms. The van der Waals surface area contributed by atoms with Gasteiger partial charge in [-0.3, -0.25) is 0 Å². The predicted octanol–water partition coefficient (Wildman–Crippen LogP) is -0.0805. The van der Waals surface area contributed by atoms with Crippen molar-refractivity contribution in [2.45, 2.75) is 19.4 Å². The second-order valence-electron chi connectivity index (χ2n) is 4.67. The Bertz CT molecular complexity index is 260. The Morgan fingerprint density at radius 2 is 2.06 bits per heavy atom. The summed E-state index contributed by atoms with van der Waals surface area (Å²) in [5.41, 5.74) is -0.0827. The van der Waals surface area contributed by atoms with Gasteiger partial charge in [-0.1, -0.05) is 5.57 Å². The number of carbonyl (C=O) groups is 1. The molecule has 0 aromatic heterocycles. The minimum absolute atomic E-state index is 0.427. The van der Waals surface area contributed by atoms with Crippen molar-refractivity contribution in [1.29, 1.82) is 0 Å². The molecule has 0 fully saturated rings. The Balaban J connectivity index is 3.93. The maximum absolute atomic E-state index is 10.4. The first-order valence-electron chi connectivity index (χ1n) is 5.21. The van der Waals surface area contributed by atoms with Gasteiger partial charge in [0.05, 0.1) is 5.60 Å². The molecule has 0 saturated heterocycles. The molecule has 0 aliphatic rings. The quantitative estimate of drug-likeness (QED) is 0.534. The first kappa shape index (κ1) is 15.1. The zero-order chi connectivity index (χ0) is 12.8. The van der Waals surface area contributed by atoms with Gasteiger partial charge in [-0.25, -0.2) is 4.79 Å². The summed E-state index contributed by atoms with van der Waals surface area (Å²) < 4.78 is 0. The van der Waals surface area contributed by atoms with E-state index in [0.29, 0.717) is 19.6 Å². The van der Waals surface area contributed by atoms with Crippen LogP contribution in [0.25, 0.3) is 0 Å². The molecule has 0 rings (SSSR count). The van der Waals surface area contributed by atoms with Crippen LogP contribution in [0.1, 0.15) is 13.8 Å². The van der Waals surface area contributed by atoms with E-state index in [9.17, 15) is 9.90 Å². The van der Waals surface area contributed by atoms with Crippen molar-refractivity contribution in [3.63, 3.8) is 0 Å². The molecular weight excluding hydrogens is 208 g/mol. The third kappa shape index (κ3) is 8.40. The molecule has 0 radical (unpaired) electrons. The van der Waals surface area contributed by atoms with E-state index < -0.39 is 11.6 Å². The molecule has 94 valence electrons. The second-order valence-corrected chi connectivity index (χ2v) is 4.67. The lowest BCUT2D eigenvalue weighted by Gasteiger charge is -2.27. The predicted molar refractivity (Wildman–Crippen MR) is 63.4 cm³/mol. The molecule has 1 unspecified atom stereocenters. The number of hydrogen-bond acceptors (Lipinski definition) is 4. The Morgan fingerprint density at radius 3 is 2.50 bits per heavy atom. The van der Waals surface area contributed by atoms with Gasteiger partial charge in [0, 0.05) is 25.7 Å². The molecule has 0 aliphatic carbocycles. The molecule has 0 spiro atoms. The summed E-state index contributed by atoms with van der Waals surface area (Å²) in [7, 11) is 3.79. The molecule has 0 aromatic carbocycles. The van der Waals surface area contributed by atoms with E-state index in [1.165, 1.54) is 0 Å². The van der Waals surface area contributed by atoms with Crippen molar-refractivity contribution < 1.29 is 15.0 Å². The van der Waals surface area contributed by atoms with Crippen LogP contribution in [0.4, 0.5) is 0 Å². The van der Waals surface area contributed by atoms with E-state index >= 15 is 0 Å². The third-order valence-corrected chi connectivity index (χ3v) is 1.94. The van der Waals surface area contributed by atoms with Gasteiger partial charge in [-0.2, -0.15) is 0 Å². The molecule has 0 aliphatic heterocycles. The van der Waals surface area contributed by atoms with Crippen LogP contribution in [0.3, 0.4) is 0 Å². The van der Waals surface area contributed by atoms with Crippen molar-refractivity contribution in [3.05, 3.63) is 11.6 Å². The van der Waals surface area contributed by atoms with Crippen LogP contribution in [0, 0.1) is 0 Å². The highest BCUT2D eigenvalue weighted by atomic mass is 16.4. The zero-order valence-corrected chi connectivity index (χ0v) is 10.4. The fourth-order valence-corrected chi connectivity index (χ4v) is 1.53.